The third kappa shape index (κ3) is 6.22. The Morgan fingerprint density at radius 3 is 2.09 bits per heavy atom. The van der Waals surface area contributed by atoms with E-state index in [-0.39, 0.29) is 11.9 Å². The molecular weight excluding hydrogens is 302 g/mol. The molecule has 1 amide bonds. The maximum atomic E-state index is 12.4. The fourth-order valence-corrected chi connectivity index (χ4v) is 4.14. The molecule has 128 valence electrons. The van der Waals surface area contributed by atoms with E-state index in [0.717, 1.165) is 51.9 Å². The Kier molecular flexibility index (Phi) is 6.65. The fourth-order valence-electron chi connectivity index (χ4n) is 3.30. The van der Waals surface area contributed by atoms with Gasteiger partial charge >= 0.3 is 0 Å². The minimum absolute atomic E-state index is 0.0167. The molecule has 22 heavy (non-hydrogen) atoms. The molecule has 0 spiro atoms. The van der Waals surface area contributed by atoms with Crippen molar-refractivity contribution >= 4 is 15.9 Å². The lowest BCUT2D eigenvalue weighted by molar-refractivity contribution is -0.133. The molecule has 2 rings (SSSR count). The minimum Gasteiger partial charge on any atom is -0.342 e. The van der Waals surface area contributed by atoms with E-state index in [1.54, 1.807) is 0 Å². The molecule has 0 bridgehead atoms. The van der Waals surface area contributed by atoms with Gasteiger partial charge in [-0.1, -0.05) is 19.3 Å². The number of nitrogens with zero attached hydrogens (tertiary/aromatic N) is 2. The smallest absolute Gasteiger partial charge is 0.236 e. The number of carbonyl (C=O) groups excluding carboxylic acids is 1. The monoisotopic (exact) mass is 331 g/mol. The first kappa shape index (κ1) is 17.7. The van der Waals surface area contributed by atoms with Gasteiger partial charge in [0, 0.05) is 32.2 Å². The van der Waals surface area contributed by atoms with Gasteiger partial charge in [-0.05, 0) is 25.7 Å². The molecule has 2 aliphatic heterocycles. The van der Waals surface area contributed by atoms with E-state index >= 15 is 0 Å². The highest BCUT2D eigenvalue weighted by atomic mass is 32.2. The molecule has 0 atom stereocenters. The van der Waals surface area contributed by atoms with Crippen molar-refractivity contribution in [3.63, 3.8) is 0 Å². The lowest BCUT2D eigenvalue weighted by Gasteiger charge is -2.33. The molecular formula is C15H29N3O3S. The van der Waals surface area contributed by atoms with Crippen LogP contribution in [0.5, 0.6) is 0 Å². The van der Waals surface area contributed by atoms with Gasteiger partial charge in [0.1, 0.15) is 0 Å². The van der Waals surface area contributed by atoms with E-state index in [1.165, 1.54) is 25.5 Å². The summed E-state index contributed by atoms with van der Waals surface area (Å²) in [5, 5.41) is 0. The number of nitrogens with one attached hydrogen (secondary N) is 1. The number of amides is 1. The Morgan fingerprint density at radius 2 is 1.55 bits per heavy atom. The van der Waals surface area contributed by atoms with Gasteiger partial charge in [0.2, 0.25) is 15.9 Å². The fraction of sp³-hybridized carbons (Fsp3) is 0.933. The van der Waals surface area contributed by atoms with Crippen molar-refractivity contribution in [2.45, 2.75) is 51.0 Å². The number of rotatable bonds is 4. The zero-order chi connectivity index (χ0) is 16.0. The van der Waals surface area contributed by atoms with Gasteiger partial charge < -0.3 is 4.90 Å². The van der Waals surface area contributed by atoms with E-state index in [2.05, 4.69) is 9.62 Å². The number of sulfonamides is 1. The highest BCUT2D eigenvalue weighted by molar-refractivity contribution is 7.88. The zero-order valence-electron chi connectivity index (χ0n) is 13.6. The number of carbonyl (C=O) groups is 1. The molecule has 2 aliphatic rings. The third-order valence-corrected chi connectivity index (χ3v) is 5.30. The summed E-state index contributed by atoms with van der Waals surface area (Å²) in [5.41, 5.74) is 0. The summed E-state index contributed by atoms with van der Waals surface area (Å²) in [6.45, 7) is 3.83. The molecule has 7 heteroatoms. The van der Waals surface area contributed by atoms with Gasteiger partial charge in [-0.25, -0.2) is 13.1 Å². The van der Waals surface area contributed by atoms with Crippen LogP contribution < -0.4 is 4.72 Å². The average molecular weight is 331 g/mol. The summed E-state index contributed by atoms with van der Waals surface area (Å²) in [6, 6.07) is 0.0167. The molecule has 0 aromatic heterocycles. The van der Waals surface area contributed by atoms with Crippen LogP contribution in [0.3, 0.4) is 0 Å². The summed E-state index contributed by atoms with van der Waals surface area (Å²) >= 11 is 0. The minimum atomic E-state index is -3.13. The van der Waals surface area contributed by atoms with Crippen molar-refractivity contribution in [2.24, 2.45) is 0 Å². The summed E-state index contributed by atoms with van der Waals surface area (Å²) < 4.78 is 25.1. The molecule has 0 aromatic rings. The van der Waals surface area contributed by atoms with E-state index < -0.39 is 10.0 Å². The second-order valence-electron chi connectivity index (χ2n) is 6.59. The van der Waals surface area contributed by atoms with Gasteiger partial charge in [0.05, 0.1) is 12.8 Å². The lowest BCUT2D eigenvalue weighted by atomic mass is 10.1. The lowest BCUT2D eigenvalue weighted by Crippen LogP contribution is -2.48. The predicted octanol–water partition coefficient (Wildman–Crippen LogP) is 0.793. The number of hydrogen-bond donors (Lipinski definition) is 1. The summed E-state index contributed by atoms with van der Waals surface area (Å²) in [4.78, 5) is 16.6. The van der Waals surface area contributed by atoms with Crippen molar-refractivity contribution in [1.82, 2.24) is 14.5 Å². The van der Waals surface area contributed by atoms with Crippen LogP contribution in [0.15, 0.2) is 0 Å². The molecule has 2 saturated heterocycles. The van der Waals surface area contributed by atoms with E-state index in [1.807, 2.05) is 4.90 Å². The van der Waals surface area contributed by atoms with Crippen LogP contribution in [0.1, 0.15) is 44.9 Å². The van der Waals surface area contributed by atoms with Crippen molar-refractivity contribution in [3.05, 3.63) is 0 Å². The molecule has 1 N–H and O–H groups in total. The standard InChI is InChI=1S/C15H29N3O3S/c1-22(20,21)16-14-7-11-17(12-8-14)13-15(19)18-9-5-3-2-4-6-10-18/h14,16H,2-13H2,1H3. The van der Waals surface area contributed by atoms with Gasteiger partial charge in [-0.2, -0.15) is 0 Å². The number of likely N-dealkylation sites (tertiary alicyclic amines) is 2. The van der Waals surface area contributed by atoms with Crippen LogP contribution in [0, 0.1) is 0 Å². The van der Waals surface area contributed by atoms with Crippen molar-refractivity contribution in [2.75, 3.05) is 39.0 Å². The molecule has 0 aliphatic carbocycles. The average Bonchev–Trinajstić information content (AvgIpc) is 2.38. The van der Waals surface area contributed by atoms with Gasteiger partial charge in [-0.15, -0.1) is 0 Å². The van der Waals surface area contributed by atoms with Gasteiger partial charge in [0.25, 0.3) is 0 Å². The van der Waals surface area contributed by atoms with Crippen LogP contribution in [-0.4, -0.2) is 69.1 Å². The first-order valence-electron chi connectivity index (χ1n) is 8.41. The second kappa shape index (κ2) is 8.26. The normalized spacial score (nSPS) is 23.0. The second-order valence-corrected chi connectivity index (χ2v) is 8.37. The molecule has 0 unspecified atom stereocenters. The van der Waals surface area contributed by atoms with Crippen LogP contribution in [0.4, 0.5) is 0 Å². The van der Waals surface area contributed by atoms with E-state index in [9.17, 15) is 13.2 Å². The summed E-state index contributed by atoms with van der Waals surface area (Å²) in [7, 11) is -3.13. The number of hydrogen-bond acceptors (Lipinski definition) is 4. The van der Waals surface area contributed by atoms with Gasteiger partial charge in [-0.3, -0.25) is 9.69 Å². The Bertz CT molecular complexity index is 451. The largest absolute Gasteiger partial charge is 0.342 e. The predicted molar refractivity (Wildman–Crippen MR) is 87.1 cm³/mol. The topological polar surface area (TPSA) is 69.7 Å². The molecule has 0 saturated carbocycles. The quantitative estimate of drug-likeness (QED) is 0.827. The maximum Gasteiger partial charge on any atom is 0.236 e. The molecule has 0 radical (unpaired) electrons. The zero-order valence-corrected chi connectivity index (χ0v) is 14.4. The van der Waals surface area contributed by atoms with Crippen LogP contribution in [0.2, 0.25) is 0 Å². The Morgan fingerprint density at radius 1 is 1.00 bits per heavy atom. The molecule has 2 fully saturated rings. The molecule has 2 heterocycles. The van der Waals surface area contributed by atoms with Crippen LogP contribution in [-0.2, 0) is 14.8 Å². The molecule has 6 nitrogen and oxygen atoms in total. The Balaban J connectivity index is 1.73. The summed E-state index contributed by atoms with van der Waals surface area (Å²) in [6.07, 6.45) is 8.74. The number of piperidine rings is 1. The van der Waals surface area contributed by atoms with Crippen molar-refractivity contribution in [1.29, 1.82) is 0 Å². The van der Waals surface area contributed by atoms with Crippen LogP contribution in [0.25, 0.3) is 0 Å². The SMILES string of the molecule is CS(=O)(=O)NC1CCN(CC(=O)N2CCCCCCC2)CC1. The molecule has 0 aromatic carbocycles. The highest BCUT2D eigenvalue weighted by Gasteiger charge is 2.24. The van der Waals surface area contributed by atoms with Crippen LogP contribution >= 0.6 is 0 Å². The van der Waals surface area contributed by atoms with Crippen molar-refractivity contribution in [3.8, 4) is 0 Å². The maximum absolute atomic E-state index is 12.4. The Labute approximate surface area is 134 Å². The third-order valence-electron chi connectivity index (χ3n) is 4.54. The van der Waals surface area contributed by atoms with E-state index in [0.29, 0.717) is 6.54 Å². The first-order chi connectivity index (χ1) is 10.4. The first-order valence-corrected chi connectivity index (χ1v) is 10.3. The van der Waals surface area contributed by atoms with E-state index in [4.69, 9.17) is 0 Å². The highest BCUT2D eigenvalue weighted by Crippen LogP contribution is 2.13. The Hall–Kier alpha value is -0.660. The van der Waals surface area contributed by atoms with Crippen molar-refractivity contribution < 1.29 is 13.2 Å². The summed E-state index contributed by atoms with van der Waals surface area (Å²) in [5.74, 6) is 0.233. The van der Waals surface area contributed by atoms with Gasteiger partial charge in [0.15, 0.2) is 0 Å².